The molecule has 0 heterocycles. The van der Waals surface area contributed by atoms with Crippen LogP contribution in [0.1, 0.15) is 0 Å². The van der Waals surface area contributed by atoms with E-state index in [0.29, 0.717) is 0 Å². The van der Waals surface area contributed by atoms with E-state index in [1.807, 2.05) is 0 Å². The number of rotatable bonds is 1. The molecular formula is C20H18Br2Zr. The monoisotopic (exact) mass is 506 g/mol. The third-order valence-electron chi connectivity index (χ3n) is 3.17. The predicted octanol–water partition coefficient (Wildman–Crippen LogP) is 6.89. The molecule has 0 amide bonds. The zero-order valence-electron chi connectivity index (χ0n) is 12.8. The molecule has 4 aromatic carbocycles. The molecular weight excluding hydrogens is 491 g/mol. The van der Waals surface area contributed by atoms with Crippen LogP contribution in [-0.2, 0) is 26.2 Å². The maximum absolute atomic E-state index is 3.20. The zero-order chi connectivity index (χ0) is 15.6. The van der Waals surface area contributed by atoms with Crippen molar-refractivity contribution in [1.82, 2.24) is 0 Å². The van der Waals surface area contributed by atoms with Crippen LogP contribution in [0.15, 0.2) is 84.9 Å². The average molecular weight is 509 g/mol. The fraction of sp³-hybridized carbons (Fsp3) is 0.100. The summed E-state index contributed by atoms with van der Waals surface area (Å²) < 4.78 is 0. The topological polar surface area (TPSA) is 0 Å². The molecule has 23 heavy (non-hydrogen) atoms. The molecule has 0 unspecified atom stereocenters. The van der Waals surface area contributed by atoms with Crippen molar-refractivity contribution >= 4 is 53.4 Å². The maximum atomic E-state index is 3.20. The molecule has 4 rings (SSSR count). The number of hydrogen-bond donors (Lipinski definition) is 0. The van der Waals surface area contributed by atoms with Crippen molar-refractivity contribution in [2.75, 3.05) is 10.7 Å². The number of hydrogen-bond acceptors (Lipinski definition) is 0. The second-order valence-corrected chi connectivity index (χ2v) is 6.27. The largest absolute Gasteiger partial charge is 2.00 e. The maximum Gasteiger partial charge on any atom is 2.00 e. The molecule has 0 aliphatic heterocycles. The van der Waals surface area contributed by atoms with Crippen molar-refractivity contribution < 1.29 is 26.2 Å². The molecule has 0 radical (unpaired) electrons. The molecule has 4 aromatic rings. The van der Waals surface area contributed by atoms with Crippen molar-refractivity contribution in [3.63, 3.8) is 0 Å². The van der Waals surface area contributed by atoms with Gasteiger partial charge in [-0.1, -0.05) is 44.0 Å². The fourth-order valence-electron chi connectivity index (χ4n) is 2.14. The zero-order valence-corrected chi connectivity index (χ0v) is 18.4. The molecule has 0 fully saturated rings. The van der Waals surface area contributed by atoms with E-state index in [1.165, 1.54) is 21.5 Å². The van der Waals surface area contributed by atoms with Gasteiger partial charge in [0.25, 0.3) is 0 Å². The summed E-state index contributed by atoms with van der Waals surface area (Å²) >= 11 is 6.40. The first kappa shape index (κ1) is 20.5. The van der Waals surface area contributed by atoms with Crippen molar-refractivity contribution in [3.8, 4) is 0 Å². The van der Waals surface area contributed by atoms with Crippen LogP contribution >= 0.6 is 31.9 Å². The standard InChI is InChI=1S/2C9H7.C2H4Br2.Zr/c2*1-2-5-9-7-3-6-8(9)4-1;3-1-2-4;/h2*1-7H;1-2H2;/q2*-1;;+2. The van der Waals surface area contributed by atoms with Gasteiger partial charge in [-0.15, -0.1) is 59.3 Å². The van der Waals surface area contributed by atoms with E-state index in [-0.39, 0.29) is 26.2 Å². The van der Waals surface area contributed by atoms with Crippen molar-refractivity contribution in [2.45, 2.75) is 0 Å². The van der Waals surface area contributed by atoms with Crippen LogP contribution < -0.4 is 0 Å². The smallest absolute Gasteiger partial charge is 0.168 e. The molecule has 0 N–H and O–H groups in total. The molecule has 0 spiro atoms. The molecule has 0 aliphatic carbocycles. The minimum absolute atomic E-state index is 0. The quantitative estimate of drug-likeness (QED) is 0.194. The van der Waals surface area contributed by atoms with Crippen LogP contribution in [0.5, 0.6) is 0 Å². The van der Waals surface area contributed by atoms with Crippen LogP contribution in [0.4, 0.5) is 0 Å². The third-order valence-corrected chi connectivity index (χ3v) is 5.02. The number of benzene rings is 2. The van der Waals surface area contributed by atoms with E-state index >= 15 is 0 Å². The normalized spacial score (nSPS) is 9.30. The Bertz CT molecular complexity index is 658. The minimum atomic E-state index is 0. The third kappa shape index (κ3) is 6.87. The Morgan fingerprint density at radius 2 is 1.00 bits per heavy atom. The summed E-state index contributed by atoms with van der Waals surface area (Å²) in [5.74, 6) is 0. The molecule has 0 atom stereocenters. The molecule has 0 saturated carbocycles. The van der Waals surface area contributed by atoms with Crippen LogP contribution in [0.25, 0.3) is 21.5 Å². The Morgan fingerprint density at radius 3 is 1.35 bits per heavy atom. The summed E-state index contributed by atoms with van der Waals surface area (Å²) in [4.78, 5) is 0. The summed E-state index contributed by atoms with van der Waals surface area (Å²) in [5, 5.41) is 7.42. The van der Waals surface area contributed by atoms with Gasteiger partial charge in [-0.2, -0.15) is 35.0 Å². The molecule has 0 aliphatic rings. The van der Waals surface area contributed by atoms with Crippen LogP contribution in [0, 0.1) is 0 Å². The first-order valence-electron chi connectivity index (χ1n) is 7.18. The molecule has 0 saturated heterocycles. The average Bonchev–Trinajstić information content (AvgIpc) is 3.24. The van der Waals surface area contributed by atoms with E-state index in [2.05, 4.69) is 117 Å². The second kappa shape index (κ2) is 12.0. The van der Waals surface area contributed by atoms with E-state index in [9.17, 15) is 0 Å². The van der Waals surface area contributed by atoms with Crippen LogP contribution in [0.2, 0.25) is 0 Å². The summed E-state index contributed by atoms with van der Waals surface area (Å²) in [6.07, 6.45) is 0. The Kier molecular flexibility index (Phi) is 10.7. The van der Waals surface area contributed by atoms with Crippen molar-refractivity contribution in [1.29, 1.82) is 0 Å². The van der Waals surface area contributed by atoms with Gasteiger partial charge in [0.2, 0.25) is 0 Å². The summed E-state index contributed by atoms with van der Waals surface area (Å²) in [6, 6.07) is 29.3. The molecule has 0 bridgehead atoms. The minimum Gasteiger partial charge on any atom is -0.168 e. The van der Waals surface area contributed by atoms with E-state index < -0.39 is 0 Å². The first-order valence-corrected chi connectivity index (χ1v) is 9.42. The first-order chi connectivity index (χ1) is 10.8. The van der Waals surface area contributed by atoms with Crippen molar-refractivity contribution in [3.05, 3.63) is 84.9 Å². The number of halogens is 2. The van der Waals surface area contributed by atoms with Gasteiger partial charge in [0.15, 0.2) is 0 Å². The second-order valence-electron chi connectivity index (χ2n) is 4.69. The Balaban J connectivity index is 0.000000182. The van der Waals surface area contributed by atoms with Gasteiger partial charge in [-0.25, -0.2) is 0 Å². The van der Waals surface area contributed by atoms with Crippen molar-refractivity contribution in [2.24, 2.45) is 0 Å². The Hall–Kier alpha value is -0.497. The molecule has 0 aromatic heterocycles. The van der Waals surface area contributed by atoms with Crippen LogP contribution in [-0.4, -0.2) is 10.7 Å². The number of fused-ring (bicyclic) bond motifs is 2. The fourth-order valence-corrected chi connectivity index (χ4v) is 2.14. The number of alkyl halides is 2. The van der Waals surface area contributed by atoms with Gasteiger partial charge in [-0.05, 0) is 0 Å². The Morgan fingerprint density at radius 1 is 0.609 bits per heavy atom. The summed E-state index contributed by atoms with van der Waals surface area (Å²) in [6.45, 7) is 0. The summed E-state index contributed by atoms with van der Waals surface area (Å²) in [5.41, 5.74) is 0. The molecule has 3 heteroatoms. The van der Waals surface area contributed by atoms with E-state index in [1.54, 1.807) is 0 Å². The van der Waals surface area contributed by atoms with E-state index in [0.717, 1.165) is 10.7 Å². The van der Waals surface area contributed by atoms with Gasteiger partial charge in [0.05, 0.1) is 0 Å². The van der Waals surface area contributed by atoms with Gasteiger partial charge >= 0.3 is 26.2 Å². The molecule has 116 valence electrons. The van der Waals surface area contributed by atoms with Gasteiger partial charge in [0, 0.05) is 10.7 Å². The van der Waals surface area contributed by atoms with E-state index in [4.69, 9.17) is 0 Å². The molecule has 0 nitrogen and oxygen atoms in total. The van der Waals surface area contributed by atoms with Gasteiger partial charge in [-0.3, -0.25) is 0 Å². The Labute approximate surface area is 174 Å². The van der Waals surface area contributed by atoms with Gasteiger partial charge in [0.1, 0.15) is 0 Å². The van der Waals surface area contributed by atoms with Crippen LogP contribution in [0.3, 0.4) is 0 Å². The SMILES string of the molecule is BrCCBr.[Zr+2].c1ccc2[cH-]ccc2c1.c1ccc2[cH-]ccc2c1. The summed E-state index contributed by atoms with van der Waals surface area (Å²) in [7, 11) is 0. The van der Waals surface area contributed by atoms with Gasteiger partial charge < -0.3 is 0 Å². The predicted molar refractivity (Wildman–Crippen MR) is 107 cm³/mol.